The zero-order valence-corrected chi connectivity index (χ0v) is 12.2. The number of benzene rings is 2. The van der Waals surface area contributed by atoms with Crippen LogP contribution >= 0.6 is 0 Å². The Morgan fingerprint density at radius 2 is 1.87 bits per heavy atom. The zero-order valence-electron chi connectivity index (χ0n) is 12.2. The van der Waals surface area contributed by atoms with Crippen LogP contribution in [0.4, 0.5) is 5.69 Å². The van der Waals surface area contributed by atoms with E-state index in [0.29, 0.717) is 23.9 Å². The van der Waals surface area contributed by atoms with Crippen molar-refractivity contribution in [2.75, 3.05) is 0 Å². The Morgan fingerprint density at radius 1 is 1.13 bits per heavy atom. The normalized spacial score (nSPS) is 10.8. The number of hydrogen-bond acceptors (Lipinski definition) is 3. The van der Waals surface area contributed by atoms with E-state index < -0.39 is 10.9 Å². The zero-order chi connectivity index (χ0) is 16.4. The van der Waals surface area contributed by atoms with Crippen LogP contribution in [-0.4, -0.2) is 20.6 Å². The molecule has 6 nitrogen and oxygen atoms in total. The molecule has 0 atom stereocenters. The number of aromatic nitrogens is 1. The van der Waals surface area contributed by atoms with E-state index in [1.165, 1.54) is 18.2 Å². The number of carbonyl (C=O) groups is 1. The lowest BCUT2D eigenvalue weighted by molar-refractivity contribution is -0.384. The molecule has 0 spiro atoms. The molecule has 1 heterocycles. The summed E-state index contributed by atoms with van der Waals surface area (Å²) in [6, 6.07) is 15.6. The molecule has 1 aromatic heterocycles. The topological polar surface area (TPSA) is 85.4 Å². The van der Waals surface area contributed by atoms with Crippen molar-refractivity contribution in [2.24, 2.45) is 0 Å². The van der Waals surface area contributed by atoms with Gasteiger partial charge in [-0.3, -0.25) is 10.1 Å². The first-order chi connectivity index (χ1) is 11.1. The van der Waals surface area contributed by atoms with Crippen LogP contribution in [0.5, 0.6) is 0 Å². The number of carboxylic acids is 1. The SMILES string of the molecule is O=C(O)c1cc2cc([N+](=O)[O-])ccc2n1CCc1ccccc1. The maximum atomic E-state index is 11.5. The van der Waals surface area contributed by atoms with Gasteiger partial charge in [-0.05, 0) is 24.1 Å². The molecule has 0 radical (unpaired) electrons. The number of aryl methyl sites for hydroxylation is 2. The number of fused-ring (bicyclic) bond motifs is 1. The van der Waals surface area contributed by atoms with Crippen LogP contribution in [0.1, 0.15) is 16.1 Å². The first-order valence-electron chi connectivity index (χ1n) is 7.11. The van der Waals surface area contributed by atoms with Gasteiger partial charge in [-0.25, -0.2) is 4.79 Å². The van der Waals surface area contributed by atoms with Crippen LogP contribution in [0.2, 0.25) is 0 Å². The number of non-ortho nitro benzene ring substituents is 1. The van der Waals surface area contributed by atoms with Crippen molar-refractivity contribution < 1.29 is 14.8 Å². The van der Waals surface area contributed by atoms with Crippen molar-refractivity contribution in [1.82, 2.24) is 4.57 Å². The summed E-state index contributed by atoms with van der Waals surface area (Å²) in [7, 11) is 0. The monoisotopic (exact) mass is 310 g/mol. The van der Waals surface area contributed by atoms with Crippen LogP contribution in [0.15, 0.2) is 54.6 Å². The van der Waals surface area contributed by atoms with Crippen molar-refractivity contribution in [3.8, 4) is 0 Å². The number of nitro benzene ring substituents is 1. The number of aromatic carboxylic acids is 1. The second kappa shape index (κ2) is 5.92. The van der Waals surface area contributed by atoms with E-state index in [1.807, 2.05) is 30.3 Å². The van der Waals surface area contributed by atoms with Gasteiger partial charge in [0.2, 0.25) is 0 Å². The molecular formula is C17H14N2O4. The minimum Gasteiger partial charge on any atom is -0.477 e. The first-order valence-corrected chi connectivity index (χ1v) is 7.11. The highest BCUT2D eigenvalue weighted by Gasteiger charge is 2.17. The van der Waals surface area contributed by atoms with Gasteiger partial charge in [0.25, 0.3) is 5.69 Å². The van der Waals surface area contributed by atoms with E-state index in [0.717, 1.165) is 5.56 Å². The van der Waals surface area contributed by atoms with Gasteiger partial charge in [0.05, 0.1) is 4.92 Å². The van der Waals surface area contributed by atoms with Gasteiger partial charge >= 0.3 is 5.97 Å². The standard InChI is InChI=1S/C17H14N2O4/c20-17(21)16-11-13-10-14(19(22)23)6-7-15(13)18(16)9-8-12-4-2-1-3-5-12/h1-7,10-11H,8-9H2,(H,20,21). The minimum absolute atomic E-state index is 0.0466. The quantitative estimate of drug-likeness (QED) is 0.577. The highest BCUT2D eigenvalue weighted by molar-refractivity contribution is 5.95. The summed E-state index contributed by atoms with van der Waals surface area (Å²) in [6.07, 6.45) is 0.682. The largest absolute Gasteiger partial charge is 0.477 e. The highest BCUT2D eigenvalue weighted by Crippen LogP contribution is 2.25. The van der Waals surface area contributed by atoms with Gasteiger partial charge in [0.1, 0.15) is 5.69 Å². The molecule has 3 rings (SSSR count). The van der Waals surface area contributed by atoms with E-state index in [-0.39, 0.29) is 11.4 Å². The number of hydrogen-bond donors (Lipinski definition) is 1. The second-order valence-electron chi connectivity index (χ2n) is 5.22. The Morgan fingerprint density at radius 3 is 2.52 bits per heavy atom. The Bertz CT molecular complexity index is 884. The number of carboxylic acid groups (broad SMARTS) is 1. The molecule has 2 aromatic carbocycles. The van der Waals surface area contributed by atoms with E-state index in [1.54, 1.807) is 10.6 Å². The molecule has 0 aliphatic heterocycles. The molecule has 23 heavy (non-hydrogen) atoms. The molecule has 0 fully saturated rings. The fourth-order valence-electron chi connectivity index (χ4n) is 2.68. The smallest absolute Gasteiger partial charge is 0.352 e. The average molecular weight is 310 g/mol. The predicted molar refractivity (Wildman–Crippen MR) is 85.7 cm³/mol. The van der Waals surface area contributed by atoms with Crippen LogP contribution < -0.4 is 0 Å². The molecule has 3 aromatic rings. The summed E-state index contributed by atoms with van der Waals surface area (Å²) in [5.74, 6) is -1.04. The molecule has 0 unspecified atom stereocenters. The Hall–Kier alpha value is -3.15. The van der Waals surface area contributed by atoms with Gasteiger partial charge in [-0.15, -0.1) is 0 Å². The van der Waals surface area contributed by atoms with Gasteiger partial charge in [0.15, 0.2) is 0 Å². The summed E-state index contributed by atoms with van der Waals surface area (Å²) in [6.45, 7) is 0.493. The first kappa shape index (κ1) is 14.8. The maximum absolute atomic E-state index is 11.5. The van der Waals surface area contributed by atoms with Crippen molar-refractivity contribution >= 4 is 22.6 Å². The Balaban J connectivity index is 2.01. The summed E-state index contributed by atoms with van der Waals surface area (Å²) < 4.78 is 1.69. The van der Waals surface area contributed by atoms with Crippen LogP contribution in [0.25, 0.3) is 10.9 Å². The third kappa shape index (κ3) is 2.91. The molecule has 0 saturated heterocycles. The minimum atomic E-state index is -1.04. The second-order valence-corrected chi connectivity index (χ2v) is 5.22. The summed E-state index contributed by atoms with van der Waals surface area (Å²) in [5, 5.41) is 20.8. The van der Waals surface area contributed by atoms with Crippen molar-refractivity contribution in [3.05, 3.63) is 76.0 Å². The summed E-state index contributed by atoms with van der Waals surface area (Å²) >= 11 is 0. The molecule has 0 amide bonds. The lowest BCUT2D eigenvalue weighted by atomic mass is 10.1. The third-order valence-corrected chi connectivity index (χ3v) is 3.78. The average Bonchev–Trinajstić information content (AvgIpc) is 2.92. The lowest BCUT2D eigenvalue weighted by Crippen LogP contribution is -2.10. The Kier molecular flexibility index (Phi) is 3.80. The molecule has 0 aliphatic rings. The number of nitro groups is 1. The van der Waals surface area contributed by atoms with Gasteiger partial charge in [0, 0.05) is 29.6 Å². The van der Waals surface area contributed by atoms with Crippen molar-refractivity contribution in [1.29, 1.82) is 0 Å². The van der Waals surface area contributed by atoms with E-state index in [4.69, 9.17) is 0 Å². The number of rotatable bonds is 5. The molecule has 1 N–H and O–H groups in total. The molecule has 6 heteroatoms. The molecule has 0 aliphatic carbocycles. The highest BCUT2D eigenvalue weighted by atomic mass is 16.6. The van der Waals surface area contributed by atoms with Gasteiger partial charge < -0.3 is 9.67 Å². The van der Waals surface area contributed by atoms with E-state index in [2.05, 4.69) is 0 Å². The third-order valence-electron chi connectivity index (χ3n) is 3.78. The summed E-state index contributed by atoms with van der Waals surface area (Å²) in [5.41, 5.74) is 1.88. The van der Waals surface area contributed by atoms with E-state index >= 15 is 0 Å². The van der Waals surface area contributed by atoms with Crippen molar-refractivity contribution in [2.45, 2.75) is 13.0 Å². The fraction of sp³-hybridized carbons (Fsp3) is 0.118. The van der Waals surface area contributed by atoms with Crippen LogP contribution in [0, 0.1) is 10.1 Å². The number of nitrogens with zero attached hydrogens (tertiary/aromatic N) is 2. The summed E-state index contributed by atoms with van der Waals surface area (Å²) in [4.78, 5) is 21.8. The van der Waals surface area contributed by atoms with Crippen LogP contribution in [0.3, 0.4) is 0 Å². The maximum Gasteiger partial charge on any atom is 0.352 e. The van der Waals surface area contributed by atoms with Crippen LogP contribution in [-0.2, 0) is 13.0 Å². The molecular weight excluding hydrogens is 296 g/mol. The van der Waals surface area contributed by atoms with Gasteiger partial charge in [-0.1, -0.05) is 30.3 Å². The molecule has 0 saturated carbocycles. The van der Waals surface area contributed by atoms with Gasteiger partial charge in [-0.2, -0.15) is 0 Å². The predicted octanol–water partition coefficient (Wildman–Crippen LogP) is 3.49. The molecule has 116 valence electrons. The fourth-order valence-corrected chi connectivity index (χ4v) is 2.68. The molecule has 0 bridgehead atoms. The van der Waals surface area contributed by atoms with Crippen molar-refractivity contribution in [3.63, 3.8) is 0 Å². The lowest BCUT2D eigenvalue weighted by Gasteiger charge is -2.08. The van der Waals surface area contributed by atoms with E-state index in [9.17, 15) is 20.0 Å². The Labute approximate surface area is 131 Å².